The number of imidazole rings is 1. The number of anilines is 1. The number of nitrogens with one attached hydrogen (secondary N) is 1. The van der Waals surface area contributed by atoms with E-state index in [0.29, 0.717) is 17.6 Å². The van der Waals surface area contributed by atoms with Crippen LogP contribution < -0.4 is 16.6 Å². The Bertz CT molecular complexity index is 1210. The third-order valence-electron chi connectivity index (χ3n) is 5.20. The predicted octanol–water partition coefficient (Wildman–Crippen LogP) is 0.515. The lowest BCUT2D eigenvalue weighted by molar-refractivity contribution is -0.0420. The molecule has 2 aromatic rings. The van der Waals surface area contributed by atoms with Crippen molar-refractivity contribution in [3.8, 4) is 0 Å². The average molecular weight is 589 g/mol. The molecule has 0 saturated carbocycles. The molecule has 210 valence electrons. The molecule has 3 rings (SSSR count). The summed E-state index contributed by atoms with van der Waals surface area (Å²) in [5.74, 6) is 0.129. The molecule has 9 N–H and O–H groups in total. The van der Waals surface area contributed by atoms with E-state index in [9.17, 15) is 23.7 Å². The molecule has 1 saturated heterocycles. The maximum Gasteiger partial charge on any atom is 0.492 e. The summed E-state index contributed by atoms with van der Waals surface area (Å²) in [5, 5.41) is 12.5. The second-order valence-corrected chi connectivity index (χ2v) is 13.0. The molecule has 37 heavy (non-hydrogen) atoms. The summed E-state index contributed by atoms with van der Waals surface area (Å²) in [7, 11) is -15.8. The molecule has 0 amide bonds. The van der Waals surface area contributed by atoms with Gasteiger partial charge in [-0.05, 0) is 12.8 Å². The number of aliphatic hydroxyl groups is 1. The van der Waals surface area contributed by atoms with E-state index < -0.39 is 48.4 Å². The van der Waals surface area contributed by atoms with Crippen LogP contribution >= 0.6 is 23.4 Å². The molecule has 0 spiro atoms. The van der Waals surface area contributed by atoms with Gasteiger partial charge in [0.2, 0.25) is 0 Å². The molecule has 1 fully saturated rings. The fraction of sp³-hybridized carbons (Fsp3) is 0.688. The van der Waals surface area contributed by atoms with Crippen molar-refractivity contribution in [1.82, 2.24) is 24.6 Å². The van der Waals surface area contributed by atoms with Gasteiger partial charge in [0, 0.05) is 19.0 Å². The normalized spacial score (nSPS) is 24.6. The number of nitrogen functional groups attached to an aromatic ring is 1. The first kappa shape index (κ1) is 30.2. The number of hydrogen-bond donors (Lipinski definition) is 7. The van der Waals surface area contributed by atoms with Gasteiger partial charge in [0.1, 0.15) is 24.2 Å². The van der Waals surface area contributed by atoms with Crippen LogP contribution in [0.15, 0.2) is 12.7 Å². The molecule has 18 nitrogen and oxygen atoms in total. The first-order chi connectivity index (χ1) is 17.2. The Morgan fingerprint density at radius 3 is 2.62 bits per heavy atom. The molecule has 4 unspecified atom stereocenters. The SMILES string of the molecule is CCCC(N)CCNP(=O)(O)OP(=O)(OC[C@H]1O[C@@H](n2cnc3c(N)ncnc32)CC1O)OP(=O)(O)O. The van der Waals surface area contributed by atoms with E-state index in [4.69, 9.17) is 30.5 Å². The Morgan fingerprint density at radius 2 is 1.95 bits per heavy atom. The van der Waals surface area contributed by atoms with Gasteiger partial charge >= 0.3 is 23.4 Å². The van der Waals surface area contributed by atoms with Gasteiger partial charge in [-0.25, -0.2) is 33.7 Å². The number of phosphoric acid groups is 2. The van der Waals surface area contributed by atoms with Gasteiger partial charge in [-0.3, -0.25) is 9.09 Å². The molecule has 0 bridgehead atoms. The van der Waals surface area contributed by atoms with Crippen molar-refractivity contribution >= 4 is 40.4 Å². The second-order valence-electron chi connectivity index (χ2n) is 8.18. The van der Waals surface area contributed by atoms with Gasteiger partial charge in [-0.1, -0.05) is 13.3 Å². The summed E-state index contributed by atoms with van der Waals surface area (Å²) < 4.78 is 57.2. The maximum atomic E-state index is 12.9. The summed E-state index contributed by atoms with van der Waals surface area (Å²) in [6.45, 7) is 0.986. The molecule has 2 aromatic heterocycles. The van der Waals surface area contributed by atoms with Crippen molar-refractivity contribution in [3.05, 3.63) is 12.7 Å². The zero-order chi connectivity index (χ0) is 27.4. The van der Waals surface area contributed by atoms with Crippen LogP contribution in [0.5, 0.6) is 0 Å². The lowest BCUT2D eigenvalue weighted by Gasteiger charge is -2.23. The second kappa shape index (κ2) is 12.2. The van der Waals surface area contributed by atoms with Crippen molar-refractivity contribution in [3.63, 3.8) is 0 Å². The summed E-state index contributed by atoms with van der Waals surface area (Å²) >= 11 is 0. The number of ether oxygens (including phenoxy) is 1. The van der Waals surface area contributed by atoms with E-state index in [-0.39, 0.29) is 31.2 Å². The zero-order valence-electron chi connectivity index (χ0n) is 19.6. The van der Waals surface area contributed by atoms with Crippen LogP contribution in [0.25, 0.3) is 11.2 Å². The van der Waals surface area contributed by atoms with Crippen LogP contribution in [0.2, 0.25) is 0 Å². The van der Waals surface area contributed by atoms with Crippen LogP contribution in [-0.4, -0.2) is 70.7 Å². The molecule has 0 aromatic carbocycles. The number of nitrogens with zero attached hydrogens (tertiary/aromatic N) is 4. The van der Waals surface area contributed by atoms with Crippen molar-refractivity contribution in [2.45, 2.75) is 57.1 Å². The third-order valence-corrected chi connectivity index (χ3v) is 9.63. The van der Waals surface area contributed by atoms with Gasteiger partial charge < -0.3 is 36.0 Å². The monoisotopic (exact) mass is 589 g/mol. The first-order valence-electron chi connectivity index (χ1n) is 11.0. The smallest absolute Gasteiger partial charge is 0.390 e. The number of aromatic nitrogens is 4. The molecular formula is C16H30N7O11P3. The number of aliphatic hydroxyl groups excluding tert-OH is 1. The number of fused-ring (bicyclic) bond motifs is 1. The van der Waals surface area contributed by atoms with E-state index >= 15 is 0 Å². The van der Waals surface area contributed by atoms with E-state index in [0.717, 1.165) is 6.42 Å². The largest absolute Gasteiger partial charge is 0.492 e. The highest BCUT2D eigenvalue weighted by Crippen LogP contribution is 2.68. The molecule has 3 heterocycles. The molecule has 1 aliphatic rings. The fourth-order valence-corrected chi connectivity index (χ4v) is 7.41. The van der Waals surface area contributed by atoms with E-state index in [1.54, 1.807) is 0 Å². The van der Waals surface area contributed by atoms with E-state index in [2.05, 4.69) is 28.7 Å². The van der Waals surface area contributed by atoms with Gasteiger partial charge in [0.25, 0.3) is 0 Å². The quantitative estimate of drug-likeness (QED) is 0.148. The Hall–Kier alpha value is -1.36. The van der Waals surface area contributed by atoms with Crippen molar-refractivity contribution < 1.29 is 51.4 Å². The average Bonchev–Trinajstić information content (AvgIpc) is 3.34. The topological polar surface area (TPSA) is 277 Å². The Balaban J connectivity index is 1.66. The Kier molecular flexibility index (Phi) is 9.97. The predicted molar refractivity (Wildman–Crippen MR) is 127 cm³/mol. The number of hydrogen-bond acceptors (Lipinski definition) is 13. The van der Waals surface area contributed by atoms with Gasteiger partial charge in [-0.15, -0.1) is 0 Å². The van der Waals surface area contributed by atoms with Crippen LogP contribution in [0.3, 0.4) is 0 Å². The van der Waals surface area contributed by atoms with Crippen LogP contribution in [0.4, 0.5) is 5.82 Å². The van der Waals surface area contributed by atoms with Crippen LogP contribution in [0, 0.1) is 0 Å². The van der Waals surface area contributed by atoms with Crippen molar-refractivity contribution in [2.75, 3.05) is 18.9 Å². The summed E-state index contributed by atoms with van der Waals surface area (Å²) in [4.78, 5) is 40.3. The molecule has 1 aliphatic heterocycles. The summed E-state index contributed by atoms with van der Waals surface area (Å²) in [6.07, 6.45) is 1.02. The maximum absolute atomic E-state index is 12.9. The van der Waals surface area contributed by atoms with Gasteiger partial charge in [-0.2, -0.15) is 8.62 Å². The van der Waals surface area contributed by atoms with E-state index in [1.807, 2.05) is 6.92 Å². The molecule has 6 atom stereocenters. The number of nitrogens with two attached hydrogens (primary N) is 2. The minimum absolute atomic E-state index is 0.00797. The summed E-state index contributed by atoms with van der Waals surface area (Å²) in [6, 6.07) is -0.281. The Labute approximate surface area is 211 Å². The zero-order valence-corrected chi connectivity index (χ0v) is 22.3. The first-order valence-corrected chi connectivity index (χ1v) is 15.6. The van der Waals surface area contributed by atoms with Gasteiger partial charge in [0.15, 0.2) is 11.5 Å². The number of rotatable bonds is 14. The van der Waals surface area contributed by atoms with Crippen LogP contribution in [-0.2, 0) is 31.6 Å². The van der Waals surface area contributed by atoms with Crippen molar-refractivity contribution in [2.24, 2.45) is 5.73 Å². The fourth-order valence-electron chi connectivity index (χ4n) is 3.54. The standard InChI is InChI=1S/C16H30N7O11P3/c1-2-3-10(17)4-5-22-35(25,26)33-37(30,34-36(27,28)29)31-7-12-11(24)6-13(32-12)23-9-21-14-15(18)19-8-20-16(14)23/h8-13,24H,2-7,17H2,1H3,(H2,18,19,20)(H2,22,25,26)(H2,27,28,29)/t10?,11?,12-,13-,37?/m1/s1. The minimum atomic E-state index is -5.52. The molecule has 0 aliphatic carbocycles. The lowest BCUT2D eigenvalue weighted by Crippen LogP contribution is -2.27. The highest BCUT2D eigenvalue weighted by Gasteiger charge is 2.45. The minimum Gasteiger partial charge on any atom is -0.390 e. The molecule has 0 radical (unpaired) electrons. The highest BCUT2D eigenvalue weighted by atomic mass is 31.3. The van der Waals surface area contributed by atoms with Crippen molar-refractivity contribution in [1.29, 1.82) is 0 Å². The lowest BCUT2D eigenvalue weighted by atomic mass is 10.1. The van der Waals surface area contributed by atoms with Gasteiger partial charge in [0.05, 0.1) is 19.0 Å². The van der Waals surface area contributed by atoms with Crippen LogP contribution in [0.1, 0.15) is 38.8 Å². The Morgan fingerprint density at radius 1 is 1.22 bits per heavy atom. The summed E-state index contributed by atoms with van der Waals surface area (Å²) in [5.41, 5.74) is 12.2. The van der Waals surface area contributed by atoms with E-state index in [1.165, 1.54) is 17.2 Å². The highest BCUT2D eigenvalue weighted by molar-refractivity contribution is 7.67. The molecular weight excluding hydrogens is 559 g/mol. The molecule has 21 heteroatoms. The third kappa shape index (κ3) is 8.57.